The molecule has 0 fully saturated rings. The predicted octanol–water partition coefficient (Wildman–Crippen LogP) is 3.20. The van der Waals surface area contributed by atoms with Crippen LogP contribution < -0.4 is 5.32 Å². The Morgan fingerprint density at radius 2 is 2.09 bits per heavy atom. The highest BCUT2D eigenvalue weighted by Crippen LogP contribution is 2.38. The third kappa shape index (κ3) is 3.07. The van der Waals surface area contributed by atoms with Gasteiger partial charge >= 0.3 is 0 Å². The van der Waals surface area contributed by atoms with E-state index in [2.05, 4.69) is 11.4 Å². The molecule has 0 atom stereocenters. The first-order valence-corrected chi connectivity index (χ1v) is 7.98. The molecule has 0 spiro atoms. The lowest BCUT2D eigenvalue weighted by atomic mass is 10.1. The second-order valence-electron chi connectivity index (χ2n) is 5.32. The van der Waals surface area contributed by atoms with Crippen LogP contribution in [0.1, 0.15) is 28.0 Å². The summed E-state index contributed by atoms with van der Waals surface area (Å²) in [6.07, 6.45) is 3.04. The fourth-order valence-electron chi connectivity index (χ4n) is 2.70. The average molecular weight is 327 g/mol. The van der Waals surface area contributed by atoms with Gasteiger partial charge in [0.1, 0.15) is 11.1 Å². The SMILES string of the molecule is N#Cc1c(NC(=O)Cc2ccc([N+](=O)[O-])cc2)sc2c1CCC2. The summed E-state index contributed by atoms with van der Waals surface area (Å²) in [5, 5.41) is 23.3. The van der Waals surface area contributed by atoms with Gasteiger partial charge in [0.15, 0.2) is 0 Å². The van der Waals surface area contributed by atoms with E-state index in [0.717, 1.165) is 24.8 Å². The van der Waals surface area contributed by atoms with Gasteiger partial charge in [-0.25, -0.2) is 0 Å². The Bertz CT molecular complexity index is 818. The van der Waals surface area contributed by atoms with Crippen molar-refractivity contribution in [1.82, 2.24) is 0 Å². The summed E-state index contributed by atoms with van der Waals surface area (Å²) in [6, 6.07) is 8.08. The van der Waals surface area contributed by atoms with Crippen LogP contribution in [-0.2, 0) is 24.1 Å². The van der Waals surface area contributed by atoms with E-state index in [1.54, 1.807) is 12.1 Å². The lowest BCUT2D eigenvalue weighted by molar-refractivity contribution is -0.384. The van der Waals surface area contributed by atoms with Crippen LogP contribution >= 0.6 is 11.3 Å². The number of benzene rings is 1. The molecule has 0 unspecified atom stereocenters. The zero-order valence-electron chi connectivity index (χ0n) is 12.2. The number of amides is 1. The van der Waals surface area contributed by atoms with Crippen molar-refractivity contribution < 1.29 is 9.72 Å². The molecule has 1 N–H and O–H groups in total. The smallest absolute Gasteiger partial charge is 0.269 e. The van der Waals surface area contributed by atoms with Crippen molar-refractivity contribution in [2.75, 3.05) is 5.32 Å². The first kappa shape index (κ1) is 15.2. The van der Waals surface area contributed by atoms with Crippen LogP contribution in [0, 0.1) is 21.4 Å². The molecule has 0 radical (unpaired) electrons. The number of hydrogen-bond acceptors (Lipinski definition) is 5. The number of aryl methyl sites for hydroxylation is 1. The van der Waals surface area contributed by atoms with E-state index in [-0.39, 0.29) is 18.0 Å². The number of rotatable bonds is 4. The molecule has 1 aliphatic carbocycles. The molecule has 0 bridgehead atoms. The maximum absolute atomic E-state index is 12.1. The number of fused-ring (bicyclic) bond motifs is 1. The standard InChI is InChI=1S/C16H13N3O3S/c17-9-13-12-2-1-3-14(12)23-16(13)18-15(20)8-10-4-6-11(7-5-10)19(21)22/h4-7H,1-3,8H2,(H,18,20). The predicted molar refractivity (Wildman–Crippen MR) is 86.5 cm³/mol. The molecule has 1 heterocycles. The number of thiophene rings is 1. The Morgan fingerprint density at radius 3 is 2.74 bits per heavy atom. The second kappa shape index (κ2) is 6.18. The minimum absolute atomic E-state index is 0.00407. The Kier molecular flexibility index (Phi) is 4.08. The van der Waals surface area contributed by atoms with Crippen LogP contribution in [-0.4, -0.2) is 10.8 Å². The van der Waals surface area contributed by atoms with Crippen molar-refractivity contribution in [2.45, 2.75) is 25.7 Å². The van der Waals surface area contributed by atoms with Gasteiger partial charge in [0.2, 0.25) is 5.91 Å². The summed E-state index contributed by atoms with van der Waals surface area (Å²) in [5.74, 6) is -0.227. The second-order valence-corrected chi connectivity index (χ2v) is 6.43. The number of nitriles is 1. The normalized spacial score (nSPS) is 12.5. The molecular formula is C16H13N3O3S. The largest absolute Gasteiger partial charge is 0.316 e. The van der Waals surface area contributed by atoms with Crippen LogP contribution in [0.4, 0.5) is 10.7 Å². The fourth-order valence-corrected chi connectivity index (χ4v) is 3.96. The minimum Gasteiger partial charge on any atom is -0.316 e. The highest BCUT2D eigenvalue weighted by atomic mass is 32.1. The van der Waals surface area contributed by atoms with E-state index in [1.807, 2.05) is 0 Å². The van der Waals surface area contributed by atoms with E-state index in [0.29, 0.717) is 16.1 Å². The summed E-state index contributed by atoms with van der Waals surface area (Å²) >= 11 is 1.47. The third-order valence-electron chi connectivity index (χ3n) is 3.80. The molecule has 1 aromatic heterocycles. The van der Waals surface area contributed by atoms with E-state index in [1.165, 1.54) is 28.3 Å². The van der Waals surface area contributed by atoms with Crippen molar-refractivity contribution in [3.05, 3.63) is 55.9 Å². The molecule has 1 amide bonds. The van der Waals surface area contributed by atoms with Crippen LogP contribution in [0.15, 0.2) is 24.3 Å². The molecular weight excluding hydrogens is 314 g/mol. The average Bonchev–Trinajstić information content (AvgIpc) is 3.08. The van der Waals surface area contributed by atoms with Gasteiger partial charge < -0.3 is 5.32 Å². The molecule has 0 saturated heterocycles. The van der Waals surface area contributed by atoms with Crippen molar-refractivity contribution in [1.29, 1.82) is 5.26 Å². The number of nitro benzene ring substituents is 1. The van der Waals surface area contributed by atoms with Crippen LogP contribution in [0.3, 0.4) is 0 Å². The Balaban J connectivity index is 1.70. The zero-order valence-corrected chi connectivity index (χ0v) is 13.0. The minimum atomic E-state index is -0.476. The zero-order chi connectivity index (χ0) is 16.4. The number of nitrogens with one attached hydrogen (secondary N) is 1. The van der Waals surface area contributed by atoms with Crippen molar-refractivity contribution >= 4 is 27.9 Å². The van der Waals surface area contributed by atoms with Gasteiger partial charge in [-0.2, -0.15) is 5.26 Å². The monoisotopic (exact) mass is 327 g/mol. The lowest BCUT2D eigenvalue weighted by Gasteiger charge is -2.04. The Hall–Kier alpha value is -2.72. The fraction of sp³-hybridized carbons (Fsp3) is 0.250. The summed E-state index contributed by atoms with van der Waals surface area (Å²) < 4.78 is 0. The van der Waals surface area contributed by atoms with Gasteiger partial charge in [0, 0.05) is 17.0 Å². The van der Waals surface area contributed by atoms with E-state index >= 15 is 0 Å². The Labute approximate surface area is 136 Å². The molecule has 116 valence electrons. The first-order valence-electron chi connectivity index (χ1n) is 7.16. The number of hydrogen-bond donors (Lipinski definition) is 1. The van der Waals surface area contributed by atoms with Crippen LogP contribution in [0.2, 0.25) is 0 Å². The maximum atomic E-state index is 12.1. The maximum Gasteiger partial charge on any atom is 0.269 e. The summed E-state index contributed by atoms with van der Waals surface area (Å²) in [7, 11) is 0. The van der Waals surface area contributed by atoms with Crippen LogP contribution in [0.5, 0.6) is 0 Å². The highest BCUT2D eigenvalue weighted by Gasteiger charge is 2.23. The van der Waals surface area contributed by atoms with Gasteiger partial charge in [-0.05, 0) is 30.4 Å². The summed E-state index contributed by atoms with van der Waals surface area (Å²) in [5.41, 5.74) is 2.34. The molecule has 2 aromatic rings. The number of anilines is 1. The van der Waals surface area contributed by atoms with Crippen LogP contribution in [0.25, 0.3) is 0 Å². The lowest BCUT2D eigenvalue weighted by Crippen LogP contribution is -2.14. The van der Waals surface area contributed by atoms with Gasteiger partial charge in [-0.3, -0.25) is 14.9 Å². The molecule has 0 aliphatic heterocycles. The van der Waals surface area contributed by atoms with E-state index in [9.17, 15) is 20.2 Å². The van der Waals surface area contributed by atoms with Gasteiger partial charge in [-0.1, -0.05) is 12.1 Å². The van der Waals surface area contributed by atoms with E-state index < -0.39 is 4.92 Å². The van der Waals surface area contributed by atoms with Crippen molar-refractivity contribution in [3.63, 3.8) is 0 Å². The Morgan fingerprint density at radius 1 is 1.35 bits per heavy atom. The molecule has 23 heavy (non-hydrogen) atoms. The number of non-ortho nitro benzene ring substituents is 1. The molecule has 1 aromatic carbocycles. The number of nitrogens with zero attached hydrogens (tertiary/aromatic N) is 2. The quantitative estimate of drug-likeness (QED) is 0.689. The molecule has 7 heteroatoms. The molecule has 0 saturated carbocycles. The molecule has 3 rings (SSSR count). The van der Waals surface area contributed by atoms with Crippen molar-refractivity contribution in [3.8, 4) is 6.07 Å². The number of carbonyl (C=O) groups excluding carboxylic acids is 1. The van der Waals surface area contributed by atoms with Gasteiger partial charge in [0.25, 0.3) is 5.69 Å². The van der Waals surface area contributed by atoms with Gasteiger partial charge in [-0.15, -0.1) is 11.3 Å². The van der Waals surface area contributed by atoms with E-state index in [4.69, 9.17) is 0 Å². The molecule has 1 aliphatic rings. The topological polar surface area (TPSA) is 96.0 Å². The third-order valence-corrected chi connectivity index (χ3v) is 5.01. The highest BCUT2D eigenvalue weighted by molar-refractivity contribution is 7.16. The van der Waals surface area contributed by atoms with Gasteiger partial charge in [0.05, 0.1) is 16.9 Å². The summed E-state index contributed by atoms with van der Waals surface area (Å²) in [4.78, 5) is 23.5. The summed E-state index contributed by atoms with van der Waals surface area (Å²) in [6.45, 7) is 0. The molecule has 6 nitrogen and oxygen atoms in total. The van der Waals surface area contributed by atoms with Crippen molar-refractivity contribution in [2.24, 2.45) is 0 Å². The number of nitro groups is 1. The first-order chi connectivity index (χ1) is 11.1. The number of carbonyl (C=O) groups is 1.